The second-order valence-electron chi connectivity index (χ2n) is 9.00. The van der Waals surface area contributed by atoms with Gasteiger partial charge in [0.05, 0.1) is 7.11 Å². The Bertz CT molecular complexity index is 1080. The van der Waals surface area contributed by atoms with Crippen LogP contribution >= 0.6 is 0 Å². The first-order chi connectivity index (χ1) is 15.9. The van der Waals surface area contributed by atoms with Gasteiger partial charge in [-0.05, 0) is 51.9 Å². The molecule has 0 bridgehead atoms. The molecule has 0 N–H and O–H groups in total. The quantitative estimate of drug-likeness (QED) is 0.358. The zero-order valence-corrected chi connectivity index (χ0v) is 19.6. The molecule has 0 saturated heterocycles. The normalized spacial score (nSPS) is 11.7. The minimum Gasteiger partial charge on any atom is -0.468 e. The Kier molecular flexibility index (Phi) is 7.54. The van der Waals surface area contributed by atoms with Crippen LogP contribution in [0.1, 0.15) is 31.9 Å². The van der Waals surface area contributed by atoms with Crippen molar-refractivity contribution in [3.8, 4) is 16.9 Å². The summed E-state index contributed by atoms with van der Waals surface area (Å²) >= 11 is 0. The van der Waals surface area contributed by atoms with E-state index < -0.39 is 6.36 Å². The summed E-state index contributed by atoms with van der Waals surface area (Å²) in [5, 5.41) is 0. The summed E-state index contributed by atoms with van der Waals surface area (Å²) in [5.41, 5.74) is 4.74. The maximum atomic E-state index is 12.4. The van der Waals surface area contributed by atoms with Gasteiger partial charge in [-0.2, -0.15) is 0 Å². The van der Waals surface area contributed by atoms with E-state index in [1.54, 1.807) is 12.1 Å². The van der Waals surface area contributed by atoms with Crippen LogP contribution in [0.4, 0.5) is 18.9 Å². The van der Waals surface area contributed by atoms with Crippen LogP contribution in [0.25, 0.3) is 11.1 Å². The Morgan fingerprint density at radius 1 is 0.824 bits per heavy atom. The van der Waals surface area contributed by atoms with E-state index in [9.17, 15) is 18.0 Å². The fourth-order valence-electron chi connectivity index (χ4n) is 3.50. The molecule has 0 spiro atoms. The molecule has 0 aromatic heterocycles. The highest BCUT2D eigenvalue weighted by Gasteiger charge is 2.31. The largest absolute Gasteiger partial charge is 0.573 e. The molecule has 0 radical (unpaired) electrons. The summed E-state index contributed by atoms with van der Waals surface area (Å²) in [4.78, 5) is 14.0. The molecule has 0 amide bonds. The van der Waals surface area contributed by atoms with E-state index in [0.717, 1.165) is 22.4 Å². The van der Waals surface area contributed by atoms with Gasteiger partial charge in [0.15, 0.2) is 0 Å². The molecule has 180 valence electrons. The highest BCUT2D eigenvalue weighted by atomic mass is 19.4. The molecule has 0 unspecified atom stereocenters. The van der Waals surface area contributed by atoms with E-state index in [2.05, 4.69) is 49.8 Å². The standard InChI is InChI=1S/C27H28F3NO3/c1-26(2,3)22-11-5-19(6-12-22)17-31(18-25(32)33-4)23-13-7-20(8-14-23)21-9-15-24(16-10-21)34-27(28,29)30/h5-16H,17-18H2,1-4H3. The van der Waals surface area contributed by atoms with Gasteiger partial charge < -0.3 is 14.4 Å². The van der Waals surface area contributed by atoms with Crippen LogP contribution in [0.15, 0.2) is 72.8 Å². The lowest BCUT2D eigenvalue weighted by Gasteiger charge is -2.25. The number of nitrogens with zero attached hydrogens (tertiary/aromatic N) is 1. The third kappa shape index (κ3) is 7.01. The van der Waals surface area contributed by atoms with Gasteiger partial charge >= 0.3 is 12.3 Å². The van der Waals surface area contributed by atoms with Crippen LogP contribution in [0.3, 0.4) is 0 Å². The van der Waals surface area contributed by atoms with Crippen molar-refractivity contribution >= 4 is 11.7 Å². The number of rotatable bonds is 7. The van der Waals surface area contributed by atoms with Gasteiger partial charge in [-0.15, -0.1) is 13.2 Å². The number of alkyl halides is 3. The summed E-state index contributed by atoms with van der Waals surface area (Å²) in [7, 11) is 1.36. The lowest BCUT2D eigenvalue weighted by atomic mass is 9.87. The van der Waals surface area contributed by atoms with Crippen molar-refractivity contribution in [2.45, 2.75) is 39.1 Å². The average Bonchev–Trinajstić information content (AvgIpc) is 2.78. The van der Waals surface area contributed by atoms with Gasteiger partial charge in [0.25, 0.3) is 0 Å². The lowest BCUT2D eigenvalue weighted by Crippen LogP contribution is -2.30. The van der Waals surface area contributed by atoms with Crippen molar-refractivity contribution in [3.05, 3.63) is 83.9 Å². The summed E-state index contributed by atoms with van der Waals surface area (Å²) in [6, 6.07) is 21.5. The van der Waals surface area contributed by atoms with Gasteiger partial charge in [-0.1, -0.05) is 69.3 Å². The van der Waals surface area contributed by atoms with Crippen molar-refractivity contribution in [2.75, 3.05) is 18.6 Å². The summed E-state index contributed by atoms with van der Waals surface area (Å²) in [5.74, 6) is -0.620. The molecule has 0 saturated carbocycles. The van der Waals surface area contributed by atoms with Gasteiger partial charge in [0.2, 0.25) is 0 Å². The zero-order chi connectivity index (χ0) is 24.9. The van der Waals surface area contributed by atoms with E-state index in [0.29, 0.717) is 6.54 Å². The van der Waals surface area contributed by atoms with Gasteiger partial charge in [0, 0.05) is 12.2 Å². The van der Waals surface area contributed by atoms with E-state index in [1.165, 1.54) is 24.8 Å². The molecular formula is C27H28F3NO3. The Morgan fingerprint density at radius 3 is 1.82 bits per heavy atom. The van der Waals surface area contributed by atoms with Crippen LogP contribution in [0, 0.1) is 0 Å². The monoisotopic (exact) mass is 471 g/mol. The molecule has 0 heterocycles. The van der Waals surface area contributed by atoms with Gasteiger partial charge in [-0.3, -0.25) is 4.79 Å². The SMILES string of the molecule is COC(=O)CN(Cc1ccc(C(C)(C)C)cc1)c1ccc(-c2ccc(OC(F)(F)F)cc2)cc1. The van der Waals surface area contributed by atoms with Crippen LogP contribution < -0.4 is 9.64 Å². The molecule has 0 aliphatic heterocycles. The highest BCUT2D eigenvalue weighted by Crippen LogP contribution is 2.29. The molecule has 0 aliphatic carbocycles. The zero-order valence-electron chi connectivity index (χ0n) is 19.6. The van der Waals surface area contributed by atoms with Crippen molar-refractivity contribution in [1.29, 1.82) is 0 Å². The first kappa shape index (κ1) is 25.1. The fourth-order valence-corrected chi connectivity index (χ4v) is 3.50. The van der Waals surface area contributed by atoms with Crippen molar-refractivity contribution in [3.63, 3.8) is 0 Å². The number of hydrogen-bond donors (Lipinski definition) is 0. The lowest BCUT2D eigenvalue weighted by molar-refractivity contribution is -0.274. The maximum absolute atomic E-state index is 12.4. The van der Waals surface area contributed by atoms with Crippen molar-refractivity contribution in [2.24, 2.45) is 0 Å². The van der Waals surface area contributed by atoms with Gasteiger partial charge in [-0.25, -0.2) is 0 Å². The number of anilines is 1. The Morgan fingerprint density at radius 2 is 1.35 bits per heavy atom. The molecular weight excluding hydrogens is 443 g/mol. The number of benzene rings is 3. The molecule has 3 rings (SSSR count). The second kappa shape index (κ2) is 10.2. The minimum absolute atomic E-state index is 0.0527. The first-order valence-electron chi connectivity index (χ1n) is 10.8. The molecule has 34 heavy (non-hydrogen) atoms. The van der Waals surface area contributed by atoms with Crippen molar-refractivity contribution in [1.82, 2.24) is 0 Å². The average molecular weight is 472 g/mol. The van der Waals surface area contributed by atoms with Gasteiger partial charge in [0.1, 0.15) is 12.3 Å². The maximum Gasteiger partial charge on any atom is 0.573 e. The van der Waals surface area contributed by atoms with Crippen LogP contribution in [0.5, 0.6) is 5.75 Å². The number of esters is 1. The smallest absolute Gasteiger partial charge is 0.468 e. The van der Waals surface area contributed by atoms with Crippen LogP contribution in [-0.2, 0) is 21.5 Å². The van der Waals surface area contributed by atoms with E-state index >= 15 is 0 Å². The summed E-state index contributed by atoms with van der Waals surface area (Å²) < 4.78 is 45.9. The Balaban J connectivity index is 1.78. The predicted molar refractivity (Wildman–Crippen MR) is 127 cm³/mol. The van der Waals surface area contributed by atoms with E-state index in [-0.39, 0.29) is 23.7 Å². The van der Waals surface area contributed by atoms with Crippen molar-refractivity contribution < 1.29 is 27.4 Å². The number of carbonyl (C=O) groups excluding carboxylic acids is 1. The molecule has 0 fully saturated rings. The molecule has 3 aromatic rings. The third-order valence-corrected chi connectivity index (χ3v) is 5.39. The Hall–Kier alpha value is -3.48. The first-order valence-corrected chi connectivity index (χ1v) is 10.8. The summed E-state index contributed by atoms with van der Waals surface area (Å²) in [6.45, 7) is 7.07. The highest BCUT2D eigenvalue weighted by molar-refractivity contribution is 5.76. The number of methoxy groups -OCH3 is 1. The van der Waals surface area contributed by atoms with Crippen LogP contribution in [0.2, 0.25) is 0 Å². The third-order valence-electron chi connectivity index (χ3n) is 5.39. The molecule has 7 heteroatoms. The number of hydrogen-bond acceptors (Lipinski definition) is 4. The molecule has 3 aromatic carbocycles. The number of carbonyl (C=O) groups is 1. The van der Waals surface area contributed by atoms with E-state index in [4.69, 9.17) is 4.74 Å². The Labute approximate surface area is 197 Å². The molecule has 4 nitrogen and oxygen atoms in total. The number of halogens is 3. The number of ether oxygens (including phenoxy) is 2. The second-order valence-corrected chi connectivity index (χ2v) is 9.00. The predicted octanol–water partition coefficient (Wildman–Crippen LogP) is 6.73. The fraction of sp³-hybridized carbons (Fsp3) is 0.296. The van der Waals surface area contributed by atoms with Crippen LogP contribution in [-0.4, -0.2) is 26.0 Å². The minimum atomic E-state index is -4.72. The summed E-state index contributed by atoms with van der Waals surface area (Å²) in [6.07, 6.45) is -4.72. The molecule has 0 aliphatic rings. The van der Waals surface area contributed by atoms with E-state index in [1.807, 2.05) is 29.2 Å². The topological polar surface area (TPSA) is 38.8 Å². The molecule has 0 atom stereocenters.